The van der Waals surface area contributed by atoms with Gasteiger partial charge in [0.15, 0.2) is 11.5 Å². The number of rotatable bonds is 6. The number of fused-ring (bicyclic) bond motifs is 1. The number of carbonyl (C=O) groups is 1. The van der Waals surface area contributed by atoms with Gasteiger partial charge in [-0.2, -0.15) is 4.31 Å². The first-order chi connectivity index (χ1) is 15.9. The van der Waals surface area contributed by atoms with E-state index in [-0.39, 0.29) is 19.0 Å². The number of ether oxygens (including phenoxy) is 3. The van der Waals surface area contributed by atoms with Crippen LogP contribution in [0.25, 0.3) is 0 Å². The van der Waals surface area contributed by atoms with Gasteiger partial charge in [-0.05, 0) is 61.1 Å². The number of carbonyl (C=O) groups excluding carboxylic acids is 1. The fourth-order valence-corrected chi connectivity index (χ4v) is 6.01. The van der Waals surface area contributed by atoms with E-state index in [1.165, 1.54) is 31.2 Å². The van der Waals surface area contributed by atoms with Gasteiger partial charge in [-0.3, -0.25) is 4.79 Å². The number of sulfonamides is 1. The lowest BCUT2D eigenvalue weighted by molar-refractivity contribution is 0.0697. The van der Waals surface area contributed by atoms with Crippen molar-refractivity contribution < 1.29 is 27.4 Å². The number of hydrogen-bond acceptors (Lipinski definition) is 6. The highest BCUT2D eigenvalue weighted by Crippen LogP contribution is 2.38. The molecule has 0 unspecified atom stereocenters. The molecule has 1 aliphatic carbocycles. The molecule has 2 aromatic rings. The van der Waals surface area contributed by atoms with Crippen LogP contribution in [0.4, 0.5) is 0 Å². The third kappa shape index (κ3) is 4.52. The van der Waals surface area contributed by atoms with Crippen LogP contribution in [0.3, 0.4) is 0 Å². The van der Waals surface area contributed by atoms with Crippen molar-refractivity contribution in [2.75, 3.05) is 47.5 Å². The molecule has 9 heteroatoms. The van der Waals surface area contributed by atoms with Crippen LogP contribution in [0.1, 0.15) is 34.3 Å². The molecular formula is C24H30N2O6S. The maximum Gasteiger partial charge on any atom is 0.254 e. The van der Waals surface area contributed by atoms with Gasteiger partial charge in [-0.15, -0.1) is 0 Å². The van der Waals surface area contributed by atoms with Crippen molar-refractivity contribution in [3.63, 3.8) is 0 Å². The number of piperazine rings is 1. The largest absolute Gasteiger partial charge is 0.493 e. The normalized spacial score (nSPS) is 16.8. The number of aryl methyl sites for hydroxylation is 2. The standard InChI is InChI=1S/C24H30N2O6S/c1-30-21-15-19(16-22(31-2)23(21)32-3)24(27)25-10-12-26(13-11-25)33(28,29)20-9-8-17-6-4-5-7-18(17)14-20/h8-9,14-16H,4-7,10-13H2,1-3H3. The first-order valence-electron chi connectivity index (χ1n) is 11.1. The molecule has 1 heterocycles. The van der Waals surface area contributed by atoms with Gasteiger partial charge in [-0.25, -0.2) is 8.42 Å². The molecule has 2 aromatic carbocycles. The minimum absolute atomic E-state index is 0.208. The predicted octanol–water partition coefficient (Wildman–Crippen LogP) is 2.74. The van der Waals surface area contributed by atoms with Crippen molar-refractivity contribution in [2.24, 2.45) is 0 Å². The average Bonchev–Trinajstić information content (AvgIpc) is 2.87. The van der Waals surface area contributed by atoms with E-state index in [1.54, 1.807) is 23.1 Å². The molecule has 0 aromatic heterocycles. The monoisotopic (exact) mass is 474 g/mol. The van der Waals surface area contributed by atoms with Gasteiger partial charge in [0.05, 0.1) is 26.2 Å². The SMILES string of the molecule is COc1cc(C(=O)N2CCN(S(=O)(=O)c3ccc4c(c3)CCCC4)CC2)cc(OC)c1OC. The summed E-state index contributed by atoms with van der Waals surface area (Å²) in [5.41, 5.74) is 2.79. The van der Waals surface area contributed by atoms with Crippen molar-refractivity contribution in [1.82, 2.24) is 9.21 Å². The van der Waals surface area contributed by atoms with Crippen molar-refractivity contribution in [3.05, 3.63) is 47.0 Å². The number of amides is 1. The van der Waals surface area contributed by atoms with Gasteiger partial charge >= 0.3 is 0 Å². The Morgan fingerprint density at radius 3 is 2.00 bits per heavy atom. The van der Waals surface area contributed by atoms with E-state index in [1.807, 2.05) is 12.1 Å². The Labute approximate surface area is 195 Å². The lowest BCUT2D eigenvalue weighted by Gasteiger charge is -2.34. The second-order valence-corrected chi connectivity index (χ2v) is 10.2. The van der Waals surface area contributed by atoms with Gasteiger partial charge < -0.3 is 19.1 Å². The first-order valence-corrected chi connectivity index (χ1v) is 12.5. The fourth-order valence-electron chi connectivity index (χ4n) is 4.54. The summed E-state index contributed by atoms with van der Waals surface area (Å²) in [4.78, 5) is 15.1. The topological polar surface area (TPSA) is 85.4 Å². The minimum Gasteiger partial charge on any atom is -0.493 e. The molecule has 1 fully saturated rings. The molecule has 0 N–H and O–H groups in total. The van der Waals surface area contributed by atoms with Crippen molar-refractivity contribution in [1.29, 1.82) is 0 Å². The van der Waals surface area contributed by atoms with Crippen LogP contribution >= 0.6 is 0 Å². The second kappa shape index (κ2) is 9.61. The number of hydrogen-bond donors (Lipinski definition) is 0. The molecule has 0 radical (unpaired) electrons. The van der Waals surface area contributed by atoms with Crippen LogP contribution in [0.5, 0.6) is 17.2 Å². The second-order valence-electron chi connectivity index (χ2n) is 8.25. The van der Waals surface area contributed by atoms with E-state index in [0.717, 1.165) is 31.2 Å². The lowest BCUT2D eigenvalue weighted by atomic mass is 9.92. The van der Waals surface area contributed by atoms with Crippen LogP contribution in [0.15, 0.2) is 35.2 Å². The van der Waals surface area contributed by atoms with E-state index in [4.69, 9.17) is 14.2 Å². The van der Waals surface area contributed by atoms with Crippen molar-refractivity contribution in [2.45, 2.75) is 30.6 Å². The molecule has 0 atom stereocenters. The van der Waals surface area contributed by atoms with Gasteiger partial charge in [0.25, 0.3) is 5.91 Å². The minimum atomic E-state index is -3.60. The highest BCUT2D eigenvalue weighted by Gasteiger charge is 2.31. The van der Waals surface area contributed by atoms with Gasteiger partial charge in [0, 0.05) is 31.7 Å². The summed E-state index contributed by atoms with van der Waals surface area (Å²) >= 11 is 0. The zero-order valence-electron chi connectivity index (χ0n) is 19.3. The Bertz CT molecular complexity index is 1110. The highest BCUT2D eigenvalue weighted by atomic mass is 32.2. The molecule has 0 spiro atoms. The van der Waals surface area contributed by atoms with Gasteiger partial charge in [-0.1, -0.05) is 6.07 Å². The number of nitrogens with zero attached hydrogens (tertiary/aromatic N) is 2. The van der Waals surface area contributed by atoms with E-state index in [2.05, 4.69) is 0 Å². The third-order valence-electron chi connectivity index (χ3n) is 6.40. The van der Waals surface area contributed by atoms with Crippen LogP contribution in [0, 0.1) is 0 Å². The van der Waals surface area contributed by atoms with E-state index >= 15 is 0 Å². The molecule has 2 aliphatic rings. The number of benzene rings is 2. The molecule has 8 nitrogen and oxygen atoms in total. The Morgan fingerprint density at radius 1 is 0.818 bits per heavy atom. The predicted molar refractivity (Wildman–Crippen MR) is 124 cm³/mol. The molecule has 178 valence electrons. The molecule has 1 saturated heterocycles. The van der Waals surface area contributed by atoms with Crippen molar-refractivity contribution >= 4 is 15.9 Å². The zero-order chi connectivity index (χ0) is 23.6. The van der Waals surface area contributed by atoms with Gasteiger partial charge in [0.1, 0.15) is 0 Å². The summed E-state index contributed by atoms with van der Waals surface area (Å²) in [6, 6.07) is 8.72. The summed E-state index contributed by atoms with van der Waals surface area (Å²) in [7, 11) is 0.895. The van der Waals surface area contributed by atoms with Crippen LogP contribution in [0.2, 0.25) is 0 Å². The van der Waals surface area contributed by atoms with Gasteiger partial charge in [0.2, 0.25) is 15.8 Å². The summed E-state index contributed by atoms with van der Waals surface area (Å²) < 4.78 is 43.9. The molecule has 1 amide bonds. The molecule has 0 saturated carbocycles. The van der Waals surface area contributed by atoms with Crippen molar-refractivity contribution in [3.8, 4) is 17.2 Å². The Balaban J connectivity index is 1.48. The summed E-state index contributed by atoms with van der Waals surface area (Å²) in [6.07, 6.45) is 4.19. The fraction of sp³-hybridized carbons (Fsp3) is 0.458. The smallest absolute Gasteiger partial charge is 0.254 e. The summed E-state index contributed by atoms with van der Waals surface area (Å²) in [6.45, 7) is 1.10. The third-order valence-corrected chi connectivity index (χ3v) is 8.29. The zero-order valence-corrected chi connectivity index (χ0v) is 20.1. The average molecular weight is 475 g/mol. The molecular weight excluding hydrogens is 444 g/mol. The van der Waals surface area contributed by atoms with E-state index in [9.17, 15) is 13.2 Å². The maximum absolute atomic E-state index is 13.2. The van der Waals surface area contributed by atoms with Crippen LogP contribution < -0.4 is 14.2 Å². The Morgan fingerprint density at radius 2 is 1.42 bits per heavy atom. The van der Waals surface area contributed by atoms with E-state index < -0.39 is 10.0 Å². The molecule has 4 rings (SSSR count). The molecule has 0 bridgehead atoms. The molecule has 33 heavy (non-hydrogen) atoms. The highest BCUT2D eigenvalue weighted by molar-refractivity contribution is 7.89. The van der Waals surface area contributed by atoms with Crippen LogP contribution in [-0.4, -0.2) is 71.0 Å². The maximum atomic E-state index is 13.2. The Kier molecular flexibility index (Phi) is 6.81. The molecule has 1 aliphatic heterocycles. The quantitative estimate of drug-likeness (QED) is 0.640. The first kappa shape index (κ1) is 23.4. The Hall–Kier alpha value is -2.78. The summed E-state index contributed by atoms with van der Waals surface area (Å²) in [5, 5.41) is 0. The van der Waals surface area contributed by atoms with Crippen LogP contribution in [-0.2, 0) is 22.9 Å². The summed E-state index contributed by atoms with van der Waals surface area (Å²) in [5.74, 6) is 1.00. The van der Waals surface area contributed by atoms with E-state index in [0.29, 0.717) is 40.8 Å². The lowest BCUT2D eigenvalue weighted by Crippen LogP contribution is -2.50. The number of methoxy groups -OCH3 is 3.